The van der Waals surface area contributed by atoms with Crippen LogP contribution >= 0.6 is 11.6 Å². The van der Waals surface area contributed by atoms with Crippen LogP contribution in [-0.2, 0) is 0 Å². The van der Waals surface area contributed by atoms with E-state index in [1.54, 1.807) is 13.2 Å². The second-order valence-corrected chi connectivity index (χ2v) is 4.97. The van der Waals surface area contributed by atoms with Gasteiger partial charge in [-0.3, -0.25) is 11.3 Å². The van der Waals surface area contributed by atoms with Gasteiger partial charge < -0.3 is 9.47 Å². The molecule has 0 aliphatic heterocycles. The molecule has 0 amide bonds. The Labute approximate surface area is 129 Å². The minimum absolute atomic E-state index is 0.0279. The number of nitrogens with one attached hydrogen (secondary N) is 1. The van der Waals surface area contributed by atoms with Crippen LogP contribution in [0.15, 0.2) is 48.5 Å². The largest absolute Gasteiger partial charge is 0.495 e. The zero-order valence-corrected chi connectivity index (χ0v) is 12.6. The van der Waals surface area contributed by atoms with Crippen molar-refractivity contribution in [3.05, 3.63) is 59.1 Å². The van der Waals surface area contributed by atoms with Crippen molar-refractivity contribution in [2.45, 2.75) is 12.5 Å². The number of hydrogen-bond acceptors (Lipinski definition) is 4. The molecule has 0 aliphatic rings. The molecule has 112 valence electrons. The van der Waals surface area contributed by atoms with Gasteiger partial charge in [-0.2, -0.15) is 0 Å². The van der Waals surface area contributed by atoms with Crippen molar-refractivity contribution in [3.8, 4) is 11.5 Å². The van der Waals surface area contributed by atoms with Gasteiger partial charge in [0.05, 0.1) is 18.7 Å². The zero-order valence-electron chi connectivity index (χ0n) is 11.9. The molecule has 0 aliphatic carbocycles. The zero-order chi connectivity index (χ0) is 15.1. The molecule has 0 aromatic heterocycles. The van der Waals surface area contributed by atoms with E-state index in [4.69, 9.17) is 26.9 Å². The van der Waals surface area contributed by atoms with E-state index < -0.39 is 0 Å². The van der Waals surface area contributed by atoms with Gasteiger partial charge in [0.1, 0.15) is 11.5 Å². The predicted octanol–water partition coefficient (Wildman–Crippen LogP) is 3.32. The lowest BCUT2D eigenvalue weighted by Crippen LogP contribution is -2.29. The summed E-state index contributed by atoms with van der Waals surface area (Å²) >= 11 is 6.03. The number of benzene rings is 2. The lowest BCUT2D eigenvalue weighted by molar-refractivity contribution is 0.287. The highest BCUT2D eigenvalue weighted by Crippen LogP contribution is 2.28. The predicted molar refractivity (Wildman–Crippen MR) is 84.6 cm³/mol. The summed E-state index contributed by atoms with van der Waals surface area (Å²) in [7, 11) is 1.59. The minimum atomic E-state index is -0.0279. The number of nitrogens with two attached hydrogens (primary N) is 1. The molecule has 0 bridgehead atoms. The molecule has 4 nitrogen and oxygen atoms in total. The van der Waals surface area contributed by atoms with E-state index in [1.165, 1.54) is 0 Å². The van der Waals surface area contributed by atoms with E-state index in [-0.39, 0.29) is 6.04 Å². The lowest BCUT2D eigenvalue weighted by Gasteiger charge is -2.18. The van der Waals surface area contributed by atoms with Crippen LogP contribution in [-0.4, -0.2) is 13.7 Å². The van der Waals surface area contributed by atoms with Gasteiger partial charge in [-0.25, -0.2) is 0 Å². The topological polar surface area (TPSA) is 56.5 Å². The number of hydrazine groups is 1. The van der Waals surface area contributed by atoms with Crippen LogP contribution < -0.4 is 20.7 Å². The first-order valence-corrected chi connectivity index (χ1v) is 7.10. The van der Waals surface area contributed by atoms with Crippen LogP contribution in [0.5, 0.6) is 11.5 Å². The molecule has 21 heavy (non-hydrogen) atoms. The Balaban J connectivity index is 1.96. The average Bonchev–Trinajstić information content (AvgIpc) is 2.53. The molecule has 2 aromatic rings. The van der Waals surface area contributed by atoms with E-state index in [1.807, 2.05) is 42.5 Å². The molecular formula is C16H19ClN2O2. The molecule has 2 aromatic carbocycles. The Bertz CT molecular complexity index is 563. The molecule has 5 heteroatoms. The maximum Gasteiger partial charge on any atom is 0.137 e. The number of ether oxygens (including phenoxy) is 2. The first-order valence-electron chi connectivity index (χ1n) is 6.72. The standard InChI is InChI=1S/C16H19ClN2O2/c1-20-16-11-12(7-8-14(16)17)15(19-18)9-10-21-13-5-3-2-4-6-13/h2-8,11,15,19H,9-10,18H2,1H3. The van der Waals surface area contributed by atoms with Crippen molar-refractivity contribution in [1.82, 2.24) is 5.43 Å². The molecular weight excluding hydrogens is 288 g/mol. The van der Waals surface area contributed by atoms with E-state index in [2.05, 4.69) is 5.43 Å². The average molecular weight is 307 g/mol. The number of rotatable bonds is 7. The van der Waals surface area contributed by atoms with E-state index in [0.717, 1.165) is 17.7 Å². The normalized spacial score (nSPS) is 12.0. The van der Waals surface area contributed by atoms with Crippen LogP contribution in [0.2, 0.25) is 5.02 Å². The third-order valence-electron chi connectivity index (χ3n) is 3.20. The summed E-state index contributed by atoms with van der Waals surface area (Å²) < 4.78 is 10.9. The fourth-order valence-electron chi connectivity index (χ4n) is 2.05. The van der Waals surface area contributed by atoms with Gasteiger partial charge in [0.25, 0.3) is 0 Å². The van der Waals surface area contributed by atoms with Gasteiger partial charge in [-0.1, -0.05) is 35.9 Å². The Morgan fingerprint density at radius 1 is 1.19 bits per heavy atom. The van der Waals surface area contributed by atoms with Crippen molar-refractivity contribution in [2.75, 3.05) is 13.7 Å². The Morgan fingerprint density at radius 2 is 1.95 bits per heavy atom. The molecule has 0 radical (unpaired) electrons. The van der Waals surface area contributed by atoms with Crippen LogP contribution in [0, 0.1) is 0 Å². The molecule has 0 saturated carbocycles. The van der Waals surface area contributed by atoms with Gasteiger partial charge in [-0.05, 0) is 29.8 Å². The summed E-state index contributed by atoms with van der Waals surface area (Å²) in [5.74, 6) is 7.12. The van der Waals surface area contributed by atoms with Crippen LogP contribution in [0.25, 0.3) is 0 Å². The highest BCUT2D eigenvalue weighted by Gasteiger charge is 2.12. The van der Waals surface area contributed by atoms with Crippen molar-refractivity contribution < 1.29 is 9.47 Å². The third-order valence-corrected chi connectivity index (χ3v) is 3.51. The van der Waals surface area contributed by atoms with E-state index >= 15 is 0 Å². The maximum atomic E-state index is 6.03. The second-order valence-electron chi connectivity index (χ2n) is 4.56. The summed E-state index contributed by atoms with van der Waals surface area (Å²) in [4.78, 5) is 0. The Hall–Kier alpha value is -1.75. The van der Waals surface area contributed by atoms with E-state index in [0.29, 0.717) is 17.4 Å². The fraction of sp³-hybridized carbons (Fsp3) is 0.250. The Kier molecular flexibility index (Phi) is 5.87. The second kappa shape index (κ2) is 7.88. The van der Waals surface area contributed by atoms with Crippen LogP contribution in [0.3, 0.4) is 0 Å². The SMILES string of the molecule is COc1cc(C(CCOc2ccccc2)NN)ccc1Cl. The molecule has 0 heterocycles. The number of halogens is 1. The van der Waals surface area contributed by atoms with Crippen molar-refractivity contribution >= 4 is 11.6 Å². The molecule has 1 atom stereocenters. The number of hydrogen-bond donors (Lipinski definition) is 2. The van der Waals surface area contributed by atoms with Crippen LogP contribution in [0.1, 0.15) is 18.0 Å². The van der Waals surface area contributed by atoms with Crippen LogP contribution in [0.4, 0.5) is 0 Å². The number of para-hydroxylation sites is 1. The first-order chi connectivity index (χ1) is 10.2. The lowest BCUT2D eigenvalue weighted by atomic mass is 10.0. The highest BCUT2D eigenvalue weighted by molar-refractivity contribution is 6.32. The molecule has 0 spiro atoms. The van der Waals surface area contributed by atoms with Gasteiger partial charge >= 0.3 is 0 Å². The summed E-state index contributed by atoms with van der Waals surface area (Å²) in [5.41, 5.74) is 3.81. The summed E-state index contributed by atoms with van der Waals surface area (Å²) in [6.45, 7) is 0.559. The summed E-state index contributed by atoms with van der Waals surface area (Å²) in [6.07, 6.45) is 0.732. The molecule has 1 unspecified atom stereocenters. The molecule has 3 N–H and O–H groups in total. The summed E-state index contributed by atoms with van der Waals surface area (Å²) in [6, 6.07) is 15.3. The van der Waals surface area contributed by atoms with Crippen molar-refractivity contribution in [1.29, 1.82) is 0 Å². The molecule has 0 saturated heterocycles. The quantitative estimate of drug-likeness (QED) is 0.608. The molecule has 0 fully saturated rings. The smallest absolute Gasteiger partial charge is 0.137 e. The van der Waals surface area contributed by atoms with Gasteiger partial charge in [0, 0.05) is 12.5 Å². The first kappa shape index (κ1) is 15.6. The fourth-order valence-corrected chi connectivity index (χ4v) is 2.25. The van der Waals surface area contributed by atoms with Gasteiger partial charge in [0.2, 0.25) is 0 Å². The minimum Gasteiger partial charge on any atom is -0.495 e. The van der Waals surface area contributed by atoms with Gasteiger partial charge in [-0.15, -0.1) is 0 Å². The molecule has 2 rings (SSSR count). The monoisotopic (exact) mass is 306 g/mol. The highest BCUT2D eigenvalue weighted by atomic mass is 35.5. The maximum absolute atomic E-state index is 6.03. The third kappa shape index (κ3) is 4.36. The summed E-state index contributed by atoms with van der Waals surface area (Å²) in [5, 5.41) is 0.581. The van der Waals surface area contributed by atoms with Gasteiger partial charge in [0.15, 0.2) is 0 Å². The Morgan fingerprint density at radius 3 is 2.62 bits per heavy atom. The van der Waals surface area contributed by atoms with E-state index in [9.17, 15) is 0 Å². The van der Waals surface area contributed by atoms with Crippen molar-refractivity contribution in [3.63, 3.8) is 0 Å². The van der Waals surface area contributed by atoms with Crippen molar-refractivity contribution in [2.24, 2.45) is 5.84 Å². The number of methoxy groups -OCH3 is 1.